The second-order valence-corrected chi connectivity index (χ2v) is 46.6. The number of carboxylic acid groups (broad SMARTS) is 1. The number of esters is 2. The molecule has 9 fully saturated rings. The van der Waals surface area contributed by atoms with Crippen LogP contribution >= 0.6 is 0 Å². The maximum atomic E-state index is 14.4. The average molecular weight is 2080 g/mol. The normalized spacial score (nSPS) is 27.5. The molecule has 3 aromatic rings. The Labute approximate surface area is 853 Å². The summed E-state index contributed by atoms with van der Waals surface area (Å²) in [6.07, 6.45) is 0.832. The van der Waals surface area contributed by atoms with Crippen LogP contribution in [0.15, 0.2) is 105 Å². The lowest BCUT2D eigenvalue weighted by atomic mass is 9.90. The van der Waals surface area contributed by atoms with Crippen molar-refractivity contribution < 1.29 is 138 Å². The molecule has 796 valence electrons. The van der Waals surface area contributed by atoms with Crippen molar-refractivity contribution in [2.24, 2.45) is 45.8 Å². The molecular weight excluding hydrogens is 1930 g/mol. The minimum atomic E-state index is -3.95. The highest BCUT2D eigenvalue weighted by atomic mass is 32.2. The smallest absolute Gasteiger partial charge is 0.410 e. The van der Waals surface area contributed by atoms with Crippen molar-refractivity contribution >= 4 is 107 Å². The van der Waals surface area contributed by atoms with E-state index < -0.39 is 224 Å². The molecule has 16 rings (SSSR count). The number of carbonyl (C=O) groups is 13. The Hall–Kier alpha value is -10.7. The first-order valence-corrected chi connectivity index (χ1v) is 52.3. The van der Waals surface area contributed by atoms with E-state index in [0.29, 0.717) is 73.6 Å². The van der Waals surface area contributed by atoms with E-state index in [1.165, 1.54) is 37.8 Å². The van der Waals surface area contributed by atoms with Gasteiger partial charge >= 0.3 is 36.2 Å². The first-order valence-electron chi connectivity index (χ1n) is 50.6. The molecule has 6 N–H and O–H groups in total. The third kappa shape index (κ3) is 29.6. The molecule has 7 heterocycles. The lowest BCUT2D eigenvalue weighted by Gasteiger charge is -2.29. The van der Waals surface area contributed by atoms with Gasteiger partial charge in [0.05, 0.1) is 95.1 Å². The maximum absolute atomic E-state index is 14.4. The van der Waals surface area contributed by atoms with Crippen molar-refractivity contribution in [2.75, 3.05) is 19.6 Å². The van der Waals surface area contributed by atoms with Crippen LogP contribution in [0, 0.1) is 63.3 Å². The minimum absolute atomic E-state index is 0. The van der Waals surface area contributed by atoms with Crippen molar-refractivity contribution in [3.05, 3.63) is 156 Å². The van der Waals surface area contributed by atoms with Gasteiger partial charge in [-0.15, -0.1) is 19.7 Å². The highest BCUT2D eigenvalue weighted by molar-refractivity contribution is 7.91. The van der Waals surface area contributed by atoms with Gasteiger partial charge in [0.1, 0.15) is 47.0 Å². The number of nitrogens with one attached hydrogen (secondary N) is 5. The SMILES string of the molecule is C.C.C.C.C=C[C@@H]1C[C@]1(CC(=O)[C@@H]1C[C@@H](OC(=O)N2Cc3cccc(F)c3C2)CN1)C(=O)NS(=O)(=O)C1CC1.C=C[C@@H]1C[C@]1(CC(=O)[C@@H]1C[C@@H](OC(=O)N2Cc3cccc(F)c3C2)CN1)C(=O)NS(=O)(=O)C1CC1.[2H]C([2H])(C=C)C([2H])([2H])CCC[C@H](CC(=O)OC(C)(C)C)C(=O)O.[2H]C1([2H])C/C=C\[C@@H]2C[C@@]2(C(=O)NS(=O)(=O)C2CC2)CC(=O)[C@@H]2C[C@@H](OC(=O)N3Cc4cccc(F)c4C3)CN2C(=O)[C@@H](CC(=O)OC(C)(C)C)CCC1. The molecule has 3 saturated heterocycles. The first-order chi connectivity index (χ1) is 68.2. The number of amides is 7. The van der Waals surface area contributed by atoms with Gasteiger partial charge in [-0.1, -0.05) is 122 Å². The molecule has 14 atom stereocenters. The second kappa shape index (κ2) is 48.3. The molecule has 6 saturated carbocycles. The molecule has 40 heteroatoms. The largest absolute Gasteiger partial charge is 0.481 e. The number of Topliss-reactive ketones (excluding diaryl/α,β-unsaturated/α-hetero) is 3. The number of hydrogen-bond acceptors (Lipinski definition) is 26. The molecule has 0 unspecified atom stereocenters. The van der Waals surface area contributed by atoms with Crippen LogP contribution in [0.5, 0.6) is 0 Å². The van der Waals surface area contributed by atoms with Gasteiger partial charge in [0, 0.05) is 102 Å². The molecule has 0 radical (unpaired) electrons. The zero-order valence-corrected chi connectivity index (χ0v) is 82.0. The fourth-order valence-corrected chi connectivity index (χ4v) is 23.2. The van der Waals surface area contributed by atoms with E-state index in [2.05, 4.69) is 44.5 Å². The summed E-state index contributed by atoms with van der Waals surface area (Å²) in [6, 6.07) is 11.6. The molecule has 0 spiro atoms. The van der Waals surface area contributed by atoms with Crippen LogP contribution < -0.4 is 24.8 Å². The molecule has 7 amide bonds. The minimum Gasteiger partial charge on any atom is -0.481 e. The monoisotopic (exact) mass is 2080 g/mol. The lowest BCUT2D eigenvalue weighted by Crippen LogP contribution is -2.46. The Morgan fingerprint density at radius 1 is 0.569 bits per heavy atom. The number of fused-ring (bicyclic) bond motifs is 5. The predicted molar refractivity (Wildman–Crippen MR) is 530 cm³/mol. The molecule has 0 aromatic heterocycles. The number of carbonyl (C=O) groups excluding carboxylic acids is 12. The van der Waals surface area contributed by atoms with Gasteiger partial charge in [-0.2, -0.15) is 0 Å². The summed E-state index contributed by atoms with van der Waals surface area (Å²) in [7, 11) is -11.4. The summed E-state index contributed by atoms with van der Waals surface area (Å²) in [5.41, 5.74) is -1.72. The number of rotatable bonds is 31. The van der Waals surface area contributed by atoms with Crippen LogP contribution in [0.2, 0.25) is 0 Å². The van der Waals surface area contributed by atoms with Crippen LogP contribution in [0.4, 0.5) is 27.6 Å². The number of ether oxygens (including phenoxy) is 5. The molecular formula is C104H146F3N9O25S3. The Bertz CT molecular complexity index is 5840. The maximum Gasteiger partial charge on any atom is 0.410 e. The van der Waals surface area contributed by atoms with Crippen LogP contribution in [-0.2, 0) is 141 Å². The number of aliphatic carboxylic acids is 1. The van der Waals surface area contributed by atoms with Gasteiger partial charge in [-0.3, -0.25) is 76.8 Å². The van der Waals surface area contributed by atoms with Gasteiger partial charge in [0.15, 0.2) is 17.3 Å². The van der Waals surface area contributed by atoms with E-state index >= 15 is 0 Å². The Balaban J connectivity index is 0.000000229. The number of carboxylic acids is 1. The number of ketones is 3. The summed E-state index contributed by atoms with van der Waals surface area (Å²) in [5, 5.41) is 13.5. The van der Waals surface area contributed by atoms with E-state index in [0.717, 1.165) is 17.2 Å². The fraction of sp³-hybridized carbons (Fsp3) is 0.625. The zero-order chi connectivity index (χ0) is 107. The van der Waals surface area contributed by atoms with Crippen molar-refractivity contribution in [2.45, 2.75) is 347 Å². The highest BCUT2D eigenvalue weighted by Gasteiger charge is 2.65. The summed E-state index contributed by atoms with van der Waals surface area (Å²) < 4.78 is 199. The quantitative estimate of drug-likeness (QED) is 0.0198. The molecule has 3 aromatic carbocycles. The summed E-state index contributed by atoms with van der Waals surface area (Å²) in [4.78, 5) is 174. The number of allylic oxidation sites excluding steroid dienone is 5. The molecule has 13 aliphatic rings. The standard InChI is InChI=1S/C37H48FN3O9S.2C24H28FN3O6S.C15H26O4.4CH4/c1-36(2,3)50-32(43)16-23-10-7-5-4-6-8-12-25-18-37(25,34(45)39-51(47,48)27-14-15-27)19-31(42)30-17-26(21-41(30)33(23)44)49-35(46)40-20-24-11-9-13-29(38)28(24)22-40;2*1-2-15-9-24(15,22(30)27-35(32,33)17-6-7-17)10-21(29)20-8-16(11-26-20)34-23(31)28-12-14-4-3-5-19(25)18(14)13-28;1-5-6-7-8-9-10-12(14(17)18)11-13(16)19-15(2,3)4;;;;/h8-9,11-13,23,25-27,30H,4-7,10,14-22H2,1-3H3,(H,39,45);2*2-5,15-17,20,26H,1,6-13H2,(H,27,30);5,12H,1,6-11H2,2-4H3,(H,17,18);4*1H4/b12-8-;;;;;;;/t23-,25-,26-,30+,37-;2*15-,16-,20+,24-;12-;;;;/m1111..../s1/i4D2;;;6D2,7D2;;;;. The average Bonchev–Trinajstić information content (AvgIpc) is 1.58. The van der Waals surface area contributed by atoms with Crippen molar-refractivity contribution in [1.29, 1.82) is 0 Å². The van der Waals surface area contributed by atoms with Crippen LogP contribution in [0.1, 0.15) is 286 Å². The van der Waals surface area contributed by atoms with Crippen LogP contribution in [0.25, 0.3) is 0 Å². The van der Waals surface area contributed by atoms with Crippen LogP contribution in [0.3, 0.4) is 0 Å². The number of nitrogens with zero attached hydrogens (tertiary/aromatic N) is 4. The number of halogens is 3. The molecule has 7 aliphatic heterocycles. The summed E-state index contributed by atoms with van der Waals surface area (Å²) in [6.45, 7) is 22.1. The Morgan fingerprint density at radius 3 is 1.39 bits per heavy atom. The Kier molecular flexibility index (Phi) is 36.1. The molecule has 6 aliphatic carbocycles. The fourth-order valence-electron chi connectivity index (χ4n) is 19.1. The number of hydrogen-bond donors (Lipinski definition) is 6. The third-order valence-corrected chi connectivity index (χ3v) is 33.0. The van der Waals surface area contributed by atoms with Crippen molar-refractivity contribution in [3.8, 4) is 0 Å². The lowest BCUT2D eigenvalue weighted by molar-refractivity contribution is -0.160. The topological polar surface area (TPSA) is 464 Å². The second-order valence-electron chi connectivity index (χ2n) is 40.7. The van der Waals surface area contributed by atoms with Gasteiger partial charge in [0.2, 0.25) is 53.7 Å². The van der Waals surface area contributed by atoms with Gasteiger partial charge in [-0.25, -0.2) is 52.8 Å². The summed E-state index contributed by atoms with van der Waals surface area (Å²) >= 11 is 0. The molecule has 34 nitrogen and oxygen atoms in total. The predicted octanol–water partition coefficient (Wildman–Crippen LogP) is 14.3. The van der Waals surface area contributed by atoms with Crippen molar-refractivity contribution in [3.63, 3.8) is 0 Å². The number of benzene rings is 3. The van der Waals surface area contributed by atoms with E-state index in [1.807, 2.05) is 0 Å². The zero-order valence-electron chi connectivity index (χ0n) is 85.5. The van der Waals surface area contributed by atoms with Crippen LogP contribution in [-0.4, -0.2) is 210 Å². The molecule has 0 bridgehead atoms. The van der Waals surface area contributed by atoms with Gasteiger partial charge < -0.3 is 44.3 Å². The molecule has 144 heavy (non-hydrogen) atoms. The Morgan fingerprint density at radius 2 is 0.993 bits per heavy atom. The highest BCUT2D eigenvalue weighted by Crippen LogP contribution is 2.60. The summed E-state index contributed by atoms with van der Waals surface area (Å²) in [5.74, 6) is -10.3. The van der Waals surface area contributed by atoms with E-state index in [4.69, 9.17) is 37.0 Å². The van der Waals surface area contributed by atoms with Gasteiger partial charge in [0.25, 0.3) is 0 Å². The first kappa shape index (κ1) is 108. The van der Waals surface area contributed by atoms with Crippen molar-refractivity contribution in [1.82, 2.24) is 44.4 Å². The number of sulfonamides is 3. The van der Waals surface area contributed by atoms with E-state index in [1.54, 1.807) is 102 Å². The third-order valence-electron chi connectivity index (χ3n) is 27.6. The van der Waals surface area contributed by atoms with E-state index in [9.17, 15) is 101 Å². The van der Waals surface area contributed by atoms with E-state index in [-0.39, 0.29) is 220 Å². The van der Waals surface area contributed by atoms with Gasteiger partial charge in [-0.05, 0) is 190 Å².